The van der Waals surface area contributed by atoms with Crippen LogP contribution in [0.1, 0.15) is 46.5 Å². The summed E-state index contributed by atoms with van der Waals surface area (Å²) in [4.78, 5) is 22.9. The summed E-state index contributed by atoms with van der Waals surface area (Å²) >= 11 is 1.62. The Morgan fingerprint density at radius 2 is 1.75 bits per heavy atom. The fourth-order valence-electron chi connectivity index (χ4n) is 4.68. The third-order valence-corrected chi connectivity index (χ3v) is 7.27. The van der Waals surface area contributed by atoms with Crippen LogP contribution in [0, 0.1) is 5.92 Å². The van der Waals surface area contributed by atoms with E-state index < -0.39 is 0 Å². The first-order valence-electron chi connectivity index (χ1n) is 11.7. The number of nitrogens with one attached hydrogen (secondary N) is 1. The molecule has 1 aliphatic heterocycles. The van der Waals surface area contributed by atoms with Crippen molar-refractivity contribution < 1.29 is 4.79 Å². The summed E-state index contributed by atoms with van der Waals surface area (Å²) in [6.07, 6.45) is 4.53. The highest BCUT2D eigenvalue weighted by Crippen LogP contribution is 2.35. The van der Waals surface area contributed by atoms with E-state index in [0.29, 0.717) is 5.91 Å². The summed E-state index contributed by atoms with van der Waals surface area (Å²) in [5, 5.41) is 9.53. The van der Waals surface area contributed by atoms with E-state index in [-0.39, 0.29) is 11.5 Å². The van der Waals surface area contributed by atoms with Gasteiger partial charge in [0.25, 0.3) is 0 Å². The van der Waals surface area contributed by atoms with Crippen LogP contribution in [0.15, 0.2) is 30.3 Å². The number of piperazine rings is 1. The average molecular weight is 453 g/mol. The number of carbonyl (C=O) groups is 1. The van der Waals surface area contributed by atoms with Gasteiger partial charge in [-0.3, -0.25) is 4.79 Å². The zero-order valence-corrected chi connectivity index (χ0v) is 20.0. The molecule has 1 N–H and O–H groups in total. The Bertz CT molecular complexity index is 1090. The molecule has 1 aromatic carbocycles. The number of aromatic nitrogens is 3. The standard InChI is InChI=1S/C24H32N6OS/c1-24(2,3)26-20-19(17-9-5-4-6-10-17)25-22-30(20)27-23(32-22)29-15-13-28(14-16-29)21(31)18-11-7-8-12-18/h4-6,9-10,18,26H,7-8,11-16H2,1-3H3. The van der Waals surface area contributed by atoms with E-state index in [1.54, 1.807) is 11.3 Å². The molecule has 3 aromatic rings. The Balaban J connectivity index is 1.37. The molecule has 170 valence electrons. The second-order valence-corrected chi connectivity index (χ2v) is 10.9. The van der Waals surface area contributed by atoms with Crippen LogP contribution >= 0.6 is 11.3 Å². The van der Waals surface area contributed by atoms with Crippen molar-refractivity contribution in [3.05, 3.63) is 30.3 Å². The maximum Gasteiger partial charge on any atom is 0.225 e. The van der Waals surface area contributed by atoms with Crippen molar-refractivity contribution >= 4 is 33.2 Å². The minimum Gasteiger partial charge on any atom is -0.364 e. The number of imidazole rings is 1. The minimum atomic E-state index is -0.116. The summed E-state index contributed by atoms with van der Waals surface area (Å²) in [5.41, 5.74) is 1.89. The van der Waals surface area contributed by atoms with Gasteiger partial charge in [0.1, 0.15) is 5.69 Å². The zero-order chi connectivity index (χ0) is 22.3. The van der Waals surface area contributed by atoms with E-state index in [2.05, 4.69) is 48.0 Å². The van der Waals surface area contributed by atoms with Crippen LogP contribution in [0.4, 0.5) is 10.9 Å². The largest absolute Gasteiger partial charge is 0.364 e. The lowest BCUT2D eigenvalue weighted by atomic mass is 10.1. The first-order valence-corrected chi connectivity index (χ1v) is 12.5. The first-order chi connectivity index (χ1) is 15.4. The topological polar surface area (TPSA) is 65.8 Å². The van der Waals surface area contributed by atoms with Gasteiger partial charge in [-0.2, -0.15) is 4.52 Å². The van der Waals surface area contributed by atoms with Gasteiger partial charge in [-0.05, 0) is 33.6 Å². The molecule has 0 bridgehead atoms. The molecule has 0 spiro atoms. The van der Waals surface area contributed by atoms with Crippen molar-refractivity contribution in [1.29, 1.82) is 0 Å². The number of rotatable bonds is 4. The predicted molar refractivity (Wildman–Crippen MR) is 130 cm³/mol. The molecule has 7 nitrogen and oxygen atoms in total. The van der Waals surface area contributed by atoms with Gasteiger partial charge in [0.05, 0.1) is 0 Å². The molecule has 5 rings (SSSR count). The highest BCUT2D eigenvalue weighted by atomic mass is 32.1. The van der Waals surface area contributed by atoms with Crippen LogP contribution in [0.25, 0.3) is 16.2 Å². The fraction of sp³-hybridized carbons (Fsp3) is 0.542. The molecule has 2 fully saturated rings. The van der Waals surface area contributed by atoms with Crippen LogP contribution in [-0.2, 0) is 4.79 Å². The molecule has 0 radical (unpaired) electrons. The minimum absolute atomic E-state index is 0.116. The number of hydrogen-bond donors (Lipinski definition) is 1. The average Bonchev–Trinajstić information content (AvgIpc) is 3.51. The van der Waals surface area contributed by atoms with Crippen molar-refractivity contribution in [3.63, 3.8) is 0 Å². The molecule has 1 aliphatic carbocycles. The lowest BCUT2D eigenvalue weighted by Crippen LogP contribution is -2.50. The molecule has 3 heterocycles. The third kappa shape index (κ3) is 4.20. The highest BCUT2D eigenvalue weighted by molar-refractivity contribution is 7.20. The van der Waals surface area contributed by atoms with Gasteiger partial charge in [-0.15, -0.1) is 5.10 Å². The smallest absolute Gasteiger partial charge is 0.225 e. The van der Waals surface area contributed by atoms with Crippen LogP contribution in [-0.4, -0.2) is 57.1 Å². The van der Waals surface area contributed by atoms with E-state index >= 15 is 0 Å². The number of benzene rings is 1. The Kier molecular flexibility index (Phi) is 5.57. The maximum atomic E-state index is 12.8. The summed E-state index contributed by atoms with van der Waals surface area (Å²) in [6, 6.07) is 10.3. The Morgan fingerprint density at radius 1 is 1.06 bits per heavy atom. The summed E-state index contributed by atoms with van der Waals surface area (Å²) in [7, 11) is 0. The first kappa shape index (κ1) is 21.2. The predicted octanol–water partition coefficient (Wildman–Crippen LogP) is 4.51. The van der Waals surface area contributed by atoms with E-state index in [4.69, 9.17) is 10.1 Å². The molecule has 2 aromatic heterocycles. The molecule has 1 saturated heterocycles. The molecule has 2 aliphatic rings. The van der Waals surface area contributed by atoms with Gasteiger partial charge in [-0.1, -0.05) is 54.5 Å². The van der Waals surface area contributed by atoms with Gasteiger partial charge in [0.15, 0.2) is 5.82 Å². The van der Waals surface area contributed by atoms with Crippen LogP contribution in [0.3, 0.4) is 0 Å². The van der Waals surface area contributed by atoms with Crippen molar-refractivity contribution in [3.8, 4) is 11.3 Å². The quantitative estimate of drug-likeness (QED) is 0.631. The van der Waals surface area contributed by atoms with Crippen molar-refractivity contribution in [1.82, 2.24) is 19.5 Å². The lowest BCUT2D eigenvalue weighted by molar-refractivity contribution is -0.135. The second kappa shape index (κ2) is 8.39. The normalized spacial score (nSPS) is 18.0. The second-order valence-electron chi connectivity index (χ2n) is 9.92. The summed E-state index contributed by atoms with van der Waals surface area (Å²) < 4.78 is 1.95. The Labute approximate surface area is 193 Å². The fourth-order valence-corrected chi connectivity index (χ4v) is 5.63. The lowest BCUT2D eigenvalue weighted by Gasteiger charge is -2.35. The van der Waals surface area contributed by atoms with Gasteiger partial charge < -0.3 is 15.1 Å². The van der Waals surface area contributed by atoms with Crippen LogP contribution < -0.4 is 10.2 Å². The molecule has 32 heavy (non-hydrogen) atoms. The molecule has 1 amide bonds. The highest BCUT2D eigenvalue weighted by Gasteiger charge is 2.31. The number of nitrogens with zero attached hydrogens (tertiary/aromatic N) is 5. The maximum absolute atomic E-state index is 12.8. The number of fused-ring (bicyclic) bond motifs is 1. The van der Waals surface area contributed by atoms with Gasteiger partial charge >= 0.3 is 0 Å². The molecular weight excluding hydrogens is 420 g/mol. The SMILES string of the molecule is CC(C)(C)Nc1c(-c2ccccc2)nc2sc(N3CCN(C(=O)C4CCCC4)CC3)nn12. The zero-order valence-electron chi connectivity index (χ0n) is 19.2. The van der Waals surface area contributed by atoms with Crippen molar-refractivity contribution in [2.24, 2.45) is 5.92 Å². The molecule has 0 unspecified atom stereocenters. The monoisotopic (exact) mass is 452 g/mol. The molecular formula is C24H32N6OS. The van der Waals surface area contributed by atoms with Gasteiger partial charge in [-0.25, -0.2) is 4.98 Å². The van der Waals surface area contributed by atoms with Gasteiger partial charge in [0, 0.05) is 43.2 Å². The third-order valence-electron chi connectivity index (χ3n) is 6.30. The van der Waals surface area contributed by atoms with Gasteiger partial charge in [0.2, 0.25) is 16.0 Å². The van der Waals surface area contributed by atoms with E-state index in [1.165, 1.54) is 12.8 Å². The van der Waals surface area contributed by atoms with Crippen LogP contribution in [0.5, 0.6) is 0 Å². The number of carbonyl (C=O) groups excluding carboxylic acids is 1. The molecule has 8 heteroatoms. The molecule has 1 saturated carbocycles. The number of hydrogen-bond acceptors (Lipinski definition) is 6. The molecule has 0 atom stereocenters. The number of amides is 1. The Hall–Kier alpha value is -2.61. The summed E-state index contributed by atoms with van der Waals surface area (Å²) in [5.74, 6) is 1.55. The van der Waals surface area contributed by atoms with E-state index in [9.17, 15) is 4.79 Å². The Morgan fingerprint density at radius 3 is 2.41 bits per heavy atom. The van der Waals surface area contributed by atoms with Crippen molar-refractivity contribution in [2.75, 3.05) is 36.4 Å². The van der Waals surface area contributed by atoms with E-state index in [1.807, 2.05) is 22.7 Å². The van der Waals surface area contributed by atoms with E-state index in [0.717, 1.165) is 66.2 Å². The van der Waals surface area contributed by atoms with Crippen molar-refractivity contribution in [2.45, 2.75) is 52.0 Å². The summed E-state index contributed by atoms with van der Waals surface area (Å²) in [6.45, 7) is 9.64. The number of anilines is 2. The van der Waals surface area contributed by atoms with Crippen LogP contribution in [0.2, 0.25) is 0 Å².